The number of aliphatic hydroxyl groups excluding tert-OH is 1. The first kappa shape index (κ1) is 30.8. The largest absolute Gasteiger partial charge is 0.494 e. The molecule has 2 saturated heterocycles. The fourth-order valence-electron chi connectivity index (χ4n) is 8.54. The van der Waals surface area contributed by atoms with Gasteiger partial charge in [0.2, 0.25) is 17.7 Å². The number of benzene rings is 1. The summed E-state index contributed by atoms with van der Waals surface area (Å²) in [7, 11) is 0. The highest BCUT2D eigenvalue weighted by Crippen LogP contribution is 2.59. The highest BCUT2D eigenvalue weighted by molar-refractivity contribution is 6.04. The highest BCUT2D eigenvalue weighted by atomic mass is 16.5. The minimum atomic E-state index is -1.33. The summed E-state index contributed by atoms with van der Waals surface area (Å²) >= 11 is 0. The Kier molecular flexibility index (Phi) is 8.39. The van der Waals surface area contributed by atoms with Crippen LogP contribution >= 0.6 is 0 Å². The third-order valence-corrected chi connectivity index (χ3v) is 10.7. The summed E-state index contributed by atoms with van der Waals surface area (Å²) in [5, 5.41) is 10.6. The summed E-state index contributed by atoms with van der Waals surface area (Å²) in [6, 6.07) is 5.98. The summed E-state index contributed by atoms with van der Waals surface area (Å²) in [4.78, 5) is 49.6. The lowest BCUT2D eigenvalue weighted by Crippen LogP contribution is -2.61. The van der Waals surface area contributed by atoms with Crippen LogP contribution in [0.1, 0.15) is 66.2 Å². The lowest BCUT2D eigenvalue weighted by molar-refractivity contribution is -0.158. The summed E-state index contributed by atoms with van der Waals surface area (Å²) in [5.74, 6) is -1.77. The first-order chi connectivity index (χ1) is 21.2. The monoisotopic (exact) mass is 605 g/mol. The molecule has 9 heteroatoms. The predicted octanol–water partition coefficient (Wildman–Crippen LogP) is 4.10. The van der Waals surface area contributed by atoms with Crippen molar-refractivity contribution in [3.8, 4) is 5.75 Å². The minimum Gasteiger partial charge on any atom is -0.494 e. The quantitative estimate of drug-likeness (QED) is 0.448. The van der Waals surface area contributed by atoms with Crippen molar-refractivity contribution in [1.82, 2.24) is 9.80 Å². The van der Waals surface area contributed by atoms with Crippen LogP contribution in [0.25, 0.3) is 0 Å². The van der Waals surface area contributed by atoms with E-state index in [1.54, 1.807) is 9.80 Å². The first-order valence-corrected chi connectivity index (χ1v) is 16.6. The molecule has 238 valence electrons. The van der Waals surface area contributed by atoms with Gasteiger partial charge < -0.3 is 29.3 Å². The number of ether oxygens (including phenoxy) is 2. The van der Waals surface area contributed by atoms with Crippen molar-refractivity contribution in [3.63, 3.8) is 0 Å². The predicted molar refractivity (Wildman–Crippen MR) is 167 cm³/mol. The molecule has 9 nitrogen and oxygen atoms in total. The van der Waals surface area contributed by atoms with Gasteiger partial charge in [-0.3, -0.25) is 14.4 Å². The molecule has 0 aromatic heterocycles. The van der Waals surface area contributed by atoms with Crippen molar-refractivity contribution in [2.75, 3.05) is 31.2 Å². The van der Waals surface area contributed by atoms with Gasteiger partial charge in [-0.15, -0.1) is 0 Å². The second-order valence-electron chi connectivity index (χ2n) is 13.3. The molecule has 1 aromatic carbocycles. The molecular weight excluding hydrogens is 558 g/mol. The molecule has 1 aromatic rings. The molecule has 1 saturated carbocycles. The Morgan fingerprint density at radius 1 is 0.932 bits per heavy atom. The smallest absolute Gasteiger partial charge is 0.249 e. The Labute approximate surface area is 260 Å². The summed E-state index contributed by atoms with van der Waals surface area (Å²) in [5.41, 5.74) is -1.68. The molecule has 3 amide bonds. The van der Waals surface area contributed by atoms with Crippen LogP contribution in [-0.4, -0.2) is 88.3 Å². The van der Waals surface area contributed by atoms with Crippen LogP contribution in [0, 0.1) is 17.8 Å². The average molecular weight is 606 g/mol. The molecule has 1 N–H and O–H groups in total. The number of hydrogen-bond acceptors (Lipinski definition) is 6. The van der Waals surface area contributed by atoms with Crippen LogP contribution in [0.15, 0.2) is 48.6 Å². The lowest BCUT2D eigenvalue weighted by Gasteiger charge is -2.43. The molecule has 5 aliphatic rings. The van der Waals surface area contributed by atoms with Gasteiger partial charge in [0.1, 0.15) is 17.4 Å². The number of nitrogens with zero attached hydrogens (tertiary/aromatic N) is 3. The first-order valence-electron chi connectivity index (χ1n) is 16.6. The zero-order chi connectivity index (χ0) is 31.2. The van der Waals surface area contributed by atoms with Gasteiger partial charge in [0.25, 0.3) is 0 Å². The molecule has 0 radical (unpaired) electrons. The van der Waals surface area contributed by atoms with E-state index in [9.17, 15) is 19.5 Å². The van der Waals surface area contributed by atoms with E-state index in [1.807, 2.05) is 81.2 Å². The number of hydrogen-bond donors (Lipinski definition) is 1. The van der Waals surface area contributed by atoms with Gasteiger partial charge in [-0.2, -0.15) is 0 Å². The van der Waals surface area contributed by atoms with Crippen molar-refractivity contribution in [3.05, 3.63) is 48.6 Å². The second-order valence-corrected chi connectivity index (χ2v) is 13.3. The van der Waals surface area contributed by atoms with Crippen molar-refractivity contribution >= 4 is 23.4 Å². The van der Waals surface area contributed by atoms with E-state index in [-0.39, 0.29) is 36.3 Å². The van der Waals surface area contributed by atoms with E-state index in [2.05, 4.69) is 0 Å². The van der Waals surface area contributed by atoms with Crippen molar-refractivity contribution in [2.45, 2.75) is 95.5 Å². The third kappa shape index (κ3) is 4.69. The molecule has 6 atom stereocenters. The number of amides is 3. The molecule has 4 heterocycles. The topological polar surface area (TPSA) is 99.6 Å². The fourth-order valence-corrected chi connectivity index (χ4v) is 8.54. The molecule has 1 spiro atoms. The zero-order valence-corrected chi connectivity index (χ0v) is 26.5. The van der Waals surface area contributed by atoms with Crippen LogP contribution in [0.5, 0.6) is 5.75 Å². The molecule has 1 unspecified atom stereocenters. The van der Waals surface area contributed by atoms with Gasteiger partial charge in [-0.25, -0.2) is 0 Å². The second kappa shape index (κ2) is 12.0. The number of likely N-dealkylation sites (tertiary alicyclic amines) is 1. The number of fused-ring (bicyclic) bond motifs is 2. The van der Waals surface area contributed by atoms with Gasteiger partial charge in [-0.05, 0) is 56.4 Å². The number of anilines is 1. The normalized spacial score (nSPS) is 32.9. The third-order valence-electron chi connectivity index (χ3n) is 10.7. The molecule has 6 rings (SSSR count). The van der Waals surface area contributed by atoms with E-state index >= 15 is 0 Å². The lowest BCUT2D eigenvalue weighted by atomic mass is 9.73. The SMILES string of the molecule is CCOc1ccc(N2CC=C[C@@]3(CC)O[C@]45C=CCN(C6CCCCC6)C(=O)C4N([C@@H](CO)C(C)C)C(=O)[C@@H]5[C@H]3C2=O)cc1. The summed E-state index contributed by atoms with van der Waals surface area (Å²) < 4.78 is 12.8. The van der Waals surface area contributed by atoms with Crippen LogP contribution < -0.4 is 9.64 Å². The number of carbonyl (C=O) groups is 3. The van der Waals surface area contributed by atoms with Crippen LogP contribution in [-0.2, 0) is 19.1 Å². The Morgan fingerprint density at radius 2 is 1.64 bits per heavy atom. The van der Waals surface area contributed by atoms with Crippen molar-refractivity contribution in [1.29, 1.82) is 0 Å². The number of aliphatic hydroxyl groups is 1. The Morgan fingerprint density at radius 3 is 2.27 bits per heavy atom. The van der Waals surface area contributed by atoms with Gasteiger partial charge in [0.15, 0.2) is 0 Å². The van der Waals surface area contributed by atoms with Crippen molar-refractivity contribution < 1.29 is 29.0 Å². The minimum absolute atomic E-state index is 0.0994. The standard InChI is InChI=1S/C35H47N3O6/c1-5-34-18-10-20-36(25-14-16-26(17-15-25)43-6-2)31(40)28(34)29-32(41)38(27(22-39)23(3)4)30-33(42)37(24-12-8-7-9-13-24)21-11-19-35(29,30)44-34/h10-11,14-19,23-24,27-30,39H,5-9,12-13,20-22H2,1-4H3/t27-,28-,29-,30?,34+,35-/m0/s1. The average Bonchev–Trinajstić information content (AvgIpc) is 3.31. The van der Waals surface area contributed by atoms with Crippen LogP contribution in [0.4, 0.5) is 5.69 Å². The van der Waals surface area contributed by atoms with Gasteiger partial charge >= 0.3 is 0 Å². The van der Waals surface area contributed by atoms with E-state index in [0.29, 0.717) is 31.8 Å². The van der Waals surface area contributed by atoms with E-state index in [4.69, 9.17) is 9.47 Å². The van der Waals surface area contributed by atoms with E-state index in [1.165, 1.54) is 0 Å². The molecule has 3 fully saturated rings. The summed E-state index contributed by atoms with van der Waals surface area (Å²) in [6.45, 7) is 8.86. The van der Waals surface area contributed by atoms with Crippen LogP contribution in [0.3, 0.4) is 0 Å². The molecule has 44 heavy (non-hydrogen) atoms. The van der Waals surface area contributed by atoms with Gasteiger partial charge in [0.05, 0.1) is 36.7 Å². The van der Waals surface area contributed by atoms with Crippen molar-refractivity contribution in [2.24, 2.45) is 17.8 Å². The number of carbonyl (C=O) groups excluding carboxylic acids is 3. The maximum atomic E-state index is 14.8. The molecular formula is C35H47N3O6. The fraction of sp³-hybridized carbons (Fsp3) is 0.629. The Hall–Kier alpha value is -3.17. The Bertz CT molecular complexity index is 1320. The maximum absolute atomic E-state index is 14.8. The number of rotatable bonds is 8. The van der Waals surface area contributed by atoms with Gasteiger partial charge in [0, 0.05) is 24.8 Å². The summed E-state index contributed by atoms with van der Waals surface area (Å²) in [6.07, 6.45) is 13.5. The molecule has 1 aliphatic carbocycles. The highest BCUT2D eigenvalue weighted by Gasteiger charge is 2.76. The van der Waals surface area contributed by atoms with Gasteiger partial charge in [-0.1, -0.05) is 64.3 Å². The van der Waals surface area contributed by atoms with Crippen LogP contribution in [0.2, 0.25) is 0 Å². The molecule has 4 aliphatic heterocycles. The van der Waals surface area contributed by atoms with E-state index < -0.39 is 35.1 Å². The van der Waals surface area contributed by atoms with E-state index in [0.717, 1.165) is 37.9 Å². The molecule has 0 bridgehead atoms. The Balaban J connectivity index is 1.46. The zero-order valence-electron chi connectivity index (χ0n) is 26.5. The maximum Gasteiger partial charge on any atom is 0.249 e.